The predicted molar refractivity (Wildman–Crippen MR) is 70.6 cm³/mol. The number of likely N-dealkylation sites (tertiary alicyclic amines) is 1. The van der Waals surface area contributed by atoms with Crippen LogP contribution in [-0.4, -0.2) is 59.4 Å². The molecule has 18 heavy (non-hydrogen) atoms. The van der Waals surface area contributed by atoms with Crippen LogP contribution in [-0.2, 0) is 4.79 Å². The maximum Gasteiger partial charge on any atom is 0.303 e. The van der Waals surface area contributed by atoms with Crippen molar-refractivity contribution in [2.75, 3.05) is 26.2 Å². The van der Waals surface area contributed by atoms with Crippen LogP contribution in [0.4, 0.5) is 0 Å². The molecule has 0 aromatic carbocycles. The smallest absolute Gasteiger partial charge is 0.303 e. The third kappa shape index (κ3) is 5.33. The number of aliphatic hydroxyl groups is 1. The van der Waals surface area contributed by atoms with Gasteiger partial charge in [-0.05, 0) is 39.2 Å². The highest BCUT2D eigenvalue weighted by atomic mass is 16.4. The van der Waals surface area contributed by atoms with Gasteiger partial charge in [-0.1, -0.05) is 0 Å². The standard InChI is InChI=1S/C13H26N2O3/c1-10(2)15-8-11(7-13(17)18)6-12(9-15)14-4-3-5-16/h10-12,14,16H,3-9H2,1-2H3,(H,17,18). The number of aliphatic hydroxyl groups excluding tert-OH is 1. The third-order valence-electron chi connectivity index (χ3n) is 3.53. The van der Waals surface area contributed by atoms with Crippen molar-refractivity contribution < 1.29 is 15.0 Å². The highest BCUT2D eigenvalue weighted by molar-refractivity contribution is 5.67. The van der Waals surface area contributed by atoms with Gasteiger partial charge in [0.15, 0.2) is 0 Å². The van der Waals surface area contributed by atoms with Gasteiger partial charge in [0.25, 0.3) is 0 Å². The van der Waals surface area contributed by atoms with Crippen LogP contribution in [0.2, 0.25) is 0 Å². The molecule has 0 aliphatic carbocycles. The summed E-state index contributed by atoms with van der Waals surface area (Å²) in [6.45, 7) is 7.14. The van der Waals surface area contributed by atoms with Crippen molar-refractivity contribution in [2.45, 2.75) is 45.2 Å². The molecule has 1 fully saturated rings. The van der Waals surface area contributed by atoms with Crippen LogP contribution >= 0.6 is 0 Å². The molecular formula is C13H26N2O3. The quantitative estimate of drug-likeness (QED) is 0.581. The normalized spacial score (nSPS) is 25.6. The van der Waals surface area contributed by atoms with Crippen LogP contribution in [0.25, 0.3) is 0 Å². The summed E-state index contributed by atoms with van der Waals surface area (Å²) >= 11 is 0. The summed E-state index contributed by atoms with van der Waals surface area (Å²) in [5, 5.41) is 21.1. The molecule has 106 valence electrons. The summed E-state index contributed by atoms with van der Waals surface area (Å²) in [5.74, 6) is -0.481. The van der Waals surface area contributed by atoms with E-state index in [2.05, 4.69) is 24.1 Å². The second kappa shape index (κ2) is 7.71. The van der Waals surface area contributed by atoms with E-state index in [9.17, 15) is 4.79 Å². The molecule has 0 spiro atoms. The predicted octanol–water partition coefficient (Wildman–Crippen LogP) is 0.532. The van der Waals surface area contributed by atoms with Crippen LogP contribution in [0.1, 0.15) is 33.1 Å². The van der Waals surface area contributed by atoms with E-state index in [0.717, 1.165) is 32.5 Å². The van der Waals surface area contributed by atoms with E-state index >= 15 is 0 Å². The first kappa shape index (κ1) is 15.4. The number of carboxylic acid groups (broad SMARTS) is 1. The Bertz CT molecular complexity index is 259. The number of hydrogen-bond donors (Lipinski definition) is 3. The molecule has 0 aromatic heterocycles. The summed E-state index contributed by atoms with van der Waals surface area (Å²) in [5.41, 5.74) is 0. The first-order valence-corrected chi connectivity index (χ1v) is 6.83. The molecular weight excluding hydrogens is 232 g/mol. The van der Waals surface area contributed by atoms with E-state index in [1.54, 1.807) is 0 Å². The molecule has 5 nitrogen and oxygen atoms in total. The maximum atomic E-state index is 10.8. The fourth-order valence-electron chi connectivity index (χ4n) is 2.59. The van der Waals surface area contributed by atoms with Crippen molar-refractivity contribution in [3.63, 3.8) is 0 Å². The molecule has 5 heteroatoms. The third-order valence-corrected chi connectivity index (χ3v) is 3.53. The van der Waals surface area contributed by atoms with Crippen LogP contribution in [0, 0.1) is 5.92 Å². The van der Waals surface area contributed by atoms with Crippen molar-refractivity contribution in [1.29, 1.82) is 0 Å². The van der Waals surface area contributed by atoms with E-state index in [0.29, 0.717) is 12.1 Å². The lowest BCUT2D eigenvalue weighted by Crippen LogP contribution is -2.52. The lowest BCUT2D eigenvalue weighted by Gasteiger charge is -2.40. The molecule has 1 aliphatic rings. The number of carboxylic acids is 1. The maximum absolute atomic E-state index is 10.8. The molecule has 0 aromatic rings. The first-order valence-electron chi connectivity index (χ1n) is 6.83. The Morgan fingerprint density at radius 3 is 2.72 bits per heavy atom. The zero-order valence-electron chi connectivity index (χ0n) is 11.4. The number of carbonyl (C=O) groups is 1. The lowest BCUT2D eigenvalue weighted by atomic mass is 9.90. The Morgan fingerprint density at radius 1 is 1.44 bits per heavy atom. The van der Waals surface area contributed by atoms with Crippen LogP contribution in [0.15, 0.2) is 0 Å². The van der Waals surface area contributed by atoms with Crippen molar-refractivity contribution in [3.8, 4) is 0 Å². The van der Waals surface area contributed by atoms with Gasteiger partial charge < -0.3 is 15.5 Å². The second-order valence-corrected chi connectivity index (χ2v) is 5.48. The SMILES string of the molecule is CC(C)N1CC(CC(=O)O)CC(NCCCO)C1. The van der Waals surface area contributed by atoms with Gasteiger partial charge in [-0.3, -0.25) is 9.69 Å². The van der Waals surface area contributed by atoms with Gasteiger partial charge in [-0.25, -0.2) is 0 Å². The highest BCUT2D eigenvalue weighted by Gasteiger charge is 2.29. The van der Waals surface area contributed by atoms with Crippen LogP contribution in [0.5, 0.6) is 0 Å². The monoisotopic (exact) mass is 258 g/mol. The number of piperidine rings is 1. The summed E-state index contributed by atoms with van der Waals surface area (Å²) in [7, 11) is 0. The molecule has 1 saturated heterocycles. The van der Waals surface area contributed by atoms with E-state index in [1.165, 1.54) is 0 Å². The van der Waals surface area contributed by atoms with Crippen LogP contribution < -0.4 is 5.32 Å². The Balaban J connectivity index is 2.48. The zero-order chi connectivity index (χ0) is 13.5. The lowest BCUT2D eigenvalue weighted by molar-refractivity contribution is -0.138. The Morgan fingerprint density at radius 2 is 2.17 bits per heavy atom. The fraction of sp³-hybridized carbons (Fsp3) is 0.923. The van der Waals surface area contributed by atoms with Gasteiger partial charge in [0.1, 0.15) is 0 Å². The molecule has 1 heterocycles. The summed E-state index contributed by atoms with van der Waals surface area (Å²) in [6, 6.07) is 0.792. The molecule has 0 amide bonds. The molecule has 0 radical (unpaired) electrons. The van der Waals surface area contributed by atoms with Crippen molar-refractivity contribution >= 4 is 5.97 Å². The first-order chi connectivity index (χ1) is 8.52. The minimum Gasteiger partial charge on any atom is -0.481 e. The van der Waals surface area contributed by atoms with Gasteiger partial charge in [-0.15, -0.1) is 0 Å². The van der Waals surface area contributed by atoms with E-state index in [-0.39, 0.29) is 18.9 Å². The summed E-state index contributed by atoms with van der Waals surface area (Å²) in [4.78, 5) is 13.2. The molecule has 1 aliphatic heterocycles. The number of nitrogens with one attached hydrogen (secondary N) is 1. The minimum absolute atomic E-state index is 0.201. The second-order valence-electron chi connectivity index (χ2n) is 5.48. The van der Waals surface area contributed by atoms with Crippen molar-refractivity contribution in [2.24, 2.45) is 5.92 Å². The van der Waals surface area contributed by atoms with Gasteiger partial charge >= 0.3 is 5.97 Å². The van der Waals surface area contributed by atoms with Gasteiger partial charge in [-0.2, -0.15) is 0 Å². The molecule has 1 rings (SSSR count). The van der Waals surface area contributed by atoms with Gasteiger partial charge in [0.2, 0.25) is 0 Å². The number of hydrogen-bond acceptors (Lipinski definition) is 4. The molecule has 0 saturated carbocycles. The Hall–Kier alpha value is -0.650. The molecule has 2 unspecified atom stereocenters. The fourth-order valence-corrected chi connectivity index (χ4v) is 2.59. The topological polar surface area (TPSA) is 72.8 Å². The van der Waals surface area contributed by atoms with E-state index in [1.807, 2.05) is 0 Å². The molecule has 3 N–H and O–H groups in total. The minimum atomic E-state index is -0.709. The average molecular weight is 258 g/mol. The molecule has 2 atom stereocenters. The Labute approximate surface area is 109 Å². The van der Waals surface area contributed by atoms with Crippen molar-refractivity contribution in [3.05, 3.63) is 0 Å². The number of rotatable bonds is 7. The van der Waals surface area contributed by atoms with Gasteiger partial charge in [0, 0.05) is 38.2 Å². The largest absolute Gasteiger partial charge is 0.481 e. The van der Waals surface area contributed by atoms with E-state index in [4.69, 9.17) is 10.2 Å². The highest BCUT2D eigenvalue weighted by Crippen LogP contribution is 2.21. The zero-order valence-corrected chi connectivity index (χ0v) is 11.4. The van der Waals surface area contributed by atoms with Crippen molar-refractivity contribution in [1.82, 2.24) is 10.2 Å². The molecule has 0 bridgehead atoms. The summed E-state index contributed by atoms with van der Waals surface area (Å²) < 4.78 is 0. The van der Waals surface area contributed by atoms with Gasteiger partial charge in [0.05, 0.1) is 0 Å². The number of aliphatic carboxylic acids is 1. The number of nitrogens with zero attached hydrogens (tertiary/aromatic N) is 1. The van der Waals surface area contributed by atoms with Crippen LogP contribution in [0.3, 0.4) is 0 Å². The average Bonchev–Trinajstić information content (AvgIpc) is 2.28. The van der Waals surface area contributed by atoms with E-state index < -0.39 is 5.97 Å². The summed E-state index contributed by atoms with van der Waals surface area (Å²) in [6.07, 6.45) is 1.92. The Kier molecular flexibility index (Phi) is 6.60.